The molecule has 2 aromatic heterocycles. The van der Waals surface area contributed by atoms with Crippen molar-refractivity contribution in [3.05, 3.63) is 28.6 Å². The summed E-state index contributed by atoms with van der Waals surface area (Å²) >= 11 is 3.14. The molecular formula is C15H18N2O2S2. The molecule has 4 nitrogen and oxygen atoms in total. The topological polar surface area (TPSA) is 53.4 Å². The molecule has 112 valence electrons. The number of carbonyl (C=O) groups is 1. The molecular weight excluding hydrogens is 304 g/mol. The van der Waals surface area contributed by atoms with Gasteiger partial charge in [0.2, 0.25) is 0 Å². The summed E-state index contributed by atoms with van der Waals surface area (Å²) in [4.78, 5) is 19.9. The number of nitrogens with zero attached hydrogens (tertiary/aromatic N) is 2. The van der Waals surface area contributed by atoms with Crippen molar-refractivity contribution in [1.82, 2.24) is 9.88 Å². The van der Waals surface area contributed by atoms with Crippen LogP contribution in [0.1, 0.15) is 36.7 Å². The molecule has 6 heteroatoms. The molecule has 1 saturated heterocycles. The first-order chi connectivity index (χ1) is 10.1. The molecule has 0 spiro atoms. The number of aliphatic hydroxyl groups is 1. The second kappa shape index (κ2) is 5.87. The average Bonchev–Trinajstić information content (AvgIpc) is 3.08. The summed E-state index contributed by atoms with van der Waals surface area (Å²) in [6.45, 7) is 3.14. The van der Waals surface area contributed by atoms with Gasteiger partial charge < -0.3 is 10.0 Å². The van der Waals surface area contributed by atoms with Crippen molar-refractivity contribution in [2.45, 2.75) is 31.8 Å². The second-order valence-electron chi connectivity index (χ2n) is 5.66. The minimum atomic E-state index is -0.654. The SMILES string of the molecule is CC1(O)CCCN(C(=O)c2csc(-c3cccs3)n2)CC1. The Labute approximate surface area is 132 Å². The Hall–Kier alpha value is -1.24. The van der Waals surface area contributed by atoms with Crippen molar-refractivity contribution in [1.29, 1.82) is 0 Å². The maximum atomic E-state index is 12.5. The third-order valence-electron chi connectivity index (χ3n) is 3.81. The molecule has 0 radical (unpaired) electrons. The first kappa shape index (κ1) is 14.7. The number of likely N-dealkylation sites (tertiary alicyclic amines) is 1. The van der Waals surface area contributed by atoms with Crippen LogP contribution < -0.4 is 0 Å². The number of hydrogen-bond acceptors (Lipinski definition) is 5. The van der Waals surface area contributed by atoms with Gasteiger partial charge in [-0.2, -0.15) is 0 Å². The Morgan fingerprint density at radius 1 is 1.38 bits per heavy atom. The molecule has 1 N–H and O–H groups in total. The summed E-state index contributed by atoms with van der Waals surface area (Å²) in [5.41, 5.74) is -0.135. The van der Waals surface area contributed by atoms with Crippen molar-refractivity contribution in [3.63, 3.8) is 0 Å². The number of thiazole rings is 1. The zero-order valence-electron chi connectivity index (χ0n) is 11.9. The van der Waals surface area contributed by atoms with E-state index in [1.54, 1.807) is 11.3 Å². The number of hydrogen-bond donors (Lipinski definition) is 1. The van der Waals surface area contributed by atoms with Gasteiger partial charge in [0.1, 0.15) is 10.7 Å². The van der Waals surface area contributed by atoms with Crippen LogP contribution in [0.4, 0.5) is 0 Å². The highest BCUT2D eigenvalue weighted by Crippen LogP contribution is 2.29. The molecule has 1 aliphatic heterocycles. The van der Waals surface area contributed by atoms with Gasteiger partial charge in [-0.1, -0.05) is 6.07 Å². The predicted molar refractivity (Wildman–Crippen MR) is 85.8 cm³/mol. The summed E-state index contributed by atoms with van der Waals surface area (Å²) in [6.07, 6.45) is 2.20. The highest BCUT2D eigenvalue weighted by molar-refractivity contribution is 7.20. The van der Waals surface area contributed by atoms with E-state index >= 15 is 0 Å². The van der Waals surface area contributed by atoms with Crippen LogP contribution in [0, 0.1) is 0 Å². The Morgan fingerprint density at radius 3 is 3.00 bits per heavy atom. The van der Waals surface area contributed by atoms with E-state index in [4.69, 9.17) is 0 Å². The Kier molecular flexibility index (Phi) is 4.10. The fraction of sp³-hybridized carbons (Fsp3) is 0.467. The van der Waals surface area contributed by atoms with Gasteiger partial charge in [-0.15, -0.1) is 22.7 Å². The van der Waals surface area contributed by atoms with Crippen LogP contribution in [0.15, 0.2) is 22.9 Å². The zero-order chi connectivity index (χ0) is 14.9. The third-order valence-corrected chi connectivity index (χ3v) is 5.69. The van der Waals surface area contributed by atoms with E-state index in [2.05, 4.69) is 4.98 Å². The third kappa shape index (κ3) is 3.33. The summed E-state index contributed by atoms with van der Waals surface area (Å²) < 4.78 is 0. The van der Waals surface area contributed by atoms with E-state index < -0.39 is 5.60 Å². The molecule has 0 aliphatic carbocycles. The highest BCUT2D eigenvalue weighted by atomic mass is 32.1. The van der Waals surface area contributed by atoms with Crippen LogP contribution >= 0.6 is 22.7 Å². The fourth-order valence-electron chi connectivity index (χ4n) is 2.51. The maximum absolute atomic E-state index is 12.5. The van der Waals surface area contributed by atoms with Crippen molar-refractivity contribution < 1.29 is 9.90 Å². The largest absolute Gasteiger partial charge is 0.390 e. The molecule has 0 saturated carbocycles. The first-order valence-electron chi connectivity index (χ1n) is 7.06. The van der Waals surface area contributed by atoms with E-state index in [0.717, 1.165) is 22.7 Å². The van der Waals surface area contributed by atoms with E-state index in [1.165, 1.54) is 11.3 Å². The van der Waals surface area contributed by atoms with Crippen LogP contribution in [0.5, 0.6) is 0 Å². The number of thiophene rings is 1. The van der Waals surface area contributed by atoms with E-state index in [-0.39, 0.29) is 5.91 Å². The summed E-state index contributed by atoms with van der Waals surface area (Å²) in [5.74, 6) is -0.0215. The number of carbonyl (C=O) groups excluding carboxylic acids is 1. The first-order valence-corrected chi connectivity index (χ1v) is 8.82. The molecule has 1 unspecified atom stereocenters. The molecule has 2 aromatic rings. The van der Waals surface area contributed by atoms with Gasteiger partial charge in [0.05, 0.1) is 10.5 Å². The summed E-state index contributed by atoms with van der Waals surface area (Å²) in [6, 6.07) is 4.00. The molecule has 0 aromatic carbocycles. The predicted octanol–water partition coefficient (Wildman–Crippen LogP) is 3.25. The van der Waals surface area contributed by atoms with Gasteiger partial charge in [0.15, 0.2) is 0 Å². The number of amides is 1. The Bertz CT molecular complexity index is 619. The maximum Gasteiger partial charge on any atom is 0.273 e. The quantitative estimate of drug-likeness (QED) is 0.923. The molecule has 1 aliphatic rings. The number of aromatic nitrogens is 1. The summed E-state index contributed by atoms with van der Waals surface area (Å²) in [5, 5.41) is 14.8. The summed E-state index contributed by atoms with van der Waals surface area (Å²) in [7, 11) is 0. The van der Waals surface area contributed by atoms with Gasteiger partial charge in [-0.05, 0) is 37.6 Å². The molecule has 3 rings (SSSR count). The highest BCUT2D eigenvalue weighted by Gasteiger charge is 2.28. The Balaban J connectivity index is 1.73. The minimum Gasteiger partial charge on any atom is -0.390 e. The van der Waals surface area contributed by atoms with Gasteiger partial charge in [0, 0.05) is 18.5 Å². The van der Waals surface area contributed by atoms with Crippen LogP contribution in [-0.4, -0.2) is 39.6 Å². The molecule has 21 heavy (non-hydrogen) atoms. The fourth-order valence-corrected chi connectivity index (χ4v) is 4.12. The van der Waals surface area contributed by atoms with Gasteiger partial charge >= 0.3 is 0 Å². The van der Waals surface area contributed by atoms with Crippen LogP contribution in [0.3, 0.4) is 0 Å². The molecule has 0 bridgehead atoms. The Morgan fingerprint density at radius 2 is 2.24 bits per heavy atom. The molecule has 1 amide bonds. The standard InChI is InChI=1S/C15H18N2O2S2/c1-15(19)5-3-7-17(8-6-15)14(18)11-10-21-13(16-11)12-4-2-9-20-12/h2,4,9-10,19H,3,5-8H2,1H3. The van der Waals surface area contributed by atoms with Crippen LogP contribution in [0.25, 0.3) is 9.88 Å². The van der Waals surface area contributed by atoms with Gasteiger partial charge in [-0.3, -0.25) is 4.79 Å². The van der Waals surface area contributed by atoms with Crippen LogP contribution in [-0.2, 0) is 0 Å². The van der Waals surface area contributed by atoms with Crippen molar-refractivity contribution >= 4 is 28.6 Å². The van der Waals surface area contributed by atoms with Crippen molar-refractivity contribution in [2.24, 2.45) is 0 Å². The van der Waals surface area contributed by atoms with Gasteiger partial charge in [0.25, 0.3) is 5.91 Å². The van der Waals surface area contributed by atoms with E-state index in [1.807, 2.05) is 34.7 Å². The van der Waals surface area contributed by atoms with E-state index in [0.29, 0.717) is 25.2 Å². The van der Waals surface area contributed by atoms with E-state index in [9.17, 15) is 9.90 Å². The van der Waals surface area contributed by atoms with Gasteiger partial charge in [-0.25, -0.2) is 4.98 Å². The molecule has 1 fully saturated rings. The lowest BCUT2D eigenvalue weighted by Gasteiger charge is -2.22. The van der Waals surface area contributed by atoms with Crippen molar-refractivity contribution in [3.8, 4) is 9.88 Å². The minimum absolute atomic E-state index is 0.0215. The zero-order valence-corrected chi connectivity index (χ0v) is 13.5. The molecule has 1 atom stereocenters. The van der Waals surface area contributed by atoms with Crippen LogP contribution in [0.2, 0.25) is 0 Å². The molecule has 3 heterocycles. The average molecular weight is 322 g/mol. The number of rotatable bonds is 2. The monoisotopic (exact) mass is 322 g/mol. The smallest absolute Gasteiger partial charge is 0.273 e. The van der Waals surface area contributed by atoms with Crippen molar-refractivity contribution in [2.75, 3.05) is 13.1 Å². The lowest BCUT2D eigenvalue weighted by Crippen LogP contribution is -2.33. The second-order valence-corrected chi connectivity index (χ2v) is 7.46. The lowest BCUT2D eigenvalue weighted by atomic mass is 9.98. The normalized spacial score (nSPS) is 23.0. The lowest BCUT2D eigenvalue weighted by molar-refractivity contribution is 0.0437.